The molecule has 1 saturated carbocycles. The molecule has 1 radical (unpaired) electrons. The van der Waals surface area contributed by atoms with Crippen LogP contribution in [0.3, 0.4) is 0 Å². The van der Waals surface area contributed by atoms with E-state index < -0.39 is 0 Å². The monoisotopic (exact) mass is 194 g/mol. The lowest BCUT2D eigenvalue weighted by Crippen LogP contribution is -2.34. The third-order valence-electron chi connectivity index (χ3n) is 3.80. The Hall–Kier alpha value is -0.0400. The van der Waals surface area contributed by atoms with Gasteiger partial charge < -0.3 is 5.32 Å². The van der Waals surface area contributed by atoms with E-state index in [0.717, 1.165) is 6.04 Å². The molecule has 1 atom stereocenters. The molecular formula is C13H24N. The van der Waals surface area contributed by atoms with E-state index in [2.05, 4.69) is 5.32 Å². The Kier molecular flexibility index (Phi) is 4.30. The van der Waals surface area contributed by atoms with Gasteiger partial charge in [-0.05, 0) is 38.1 Å². The van der Waals surface area contributed by atoms with Crippen LogP contribution in [0.25, 0.3) is 0 Å². The van der Waals surface area contributed by atoms with Crippen LogP contribution >= 0.6 is 0 Å². The summed E-state index contributed by atoms with van der Waals surface area (Å²) in [6.45, 7) is 1.26. The maximum absolute atomic E-state index is 3.74. The van der Waals surface area contributed by atoms with Crippen molar-refractivity contribution in [1.82, 2.24) is 5.32 Å². The predicted molar refractivity (Wildman–Crippen MR) is 61.2 cm³/mol. The fraction of sp³-hybridized carbons (Fsp3) is 0.923. The second kappa shape index (κ2) is 5.75. The van der Waals surface area contributed by atoms with E-state index in [0.29, 0.717) is 0 Å². The summed E-state index contributed by atoms with van der Waals surface area (Å²) in [5, 5.41) is 3.74. The Balaban J connectivity index is 1.83. The van der Waals surface area contributed by atoms with Gasteiger partial charge in [0.15, 0.2) is 0 Å². The van der Waals surface area contributed by atoms with Crippen LogP contribution in [0.1, 0.15) is 64.2 Å². The fourth-order valence-corrected chi connectivity index (χ4v) is 2.91. The van der Waals surface area contributed by atoms with Crippen LogP contribution in [-0.4, -0.2) is 12.6 Å². The van der Waals surface area contributed by atoms with Crippen LogP contribution in [0, 0.1) is 5.92 Å². The minimum atomic E-state index is 0.788. The summed E-state index contributed by atoms with van der Waals surface area (Å²) in [5.41, 5.74) is 0. The van der Waals surface area contributed by atoms with Crippen molar-refractivity contribution in [2.24, 2.45) is 0 Å². The number of nitrogens with one attached hydrogen (secondary N) is 1. The molecule has 1 aliphatic carbocycles. The first-order valence-corrected chi connectivity index (χ1v) is 6.55. The van der Waals surface area contributed by atoms with Crippen LogP contribution in [-0.2, 0) is 0 Å². The van der Waals surface area contributed by atoms with Gasteiger partial charge in [-0.25, -0.2) is 0 Å². The summed E-state index contributed by atoms with van der Waals surface area (Å²) in [4.78, 5) is 0. The molecule has 0 aromatic carbocycles. The zero-order valence-corrected chi connectivity index (χ0v) is 9.36. The van der Waals surface area contributed by atoms with Gasteiger partial charge >= 0.3 is 0 Å². The molecule has 1 saturated heterocycles. The quantitative estimate of drug-likeness (QED) is 0.630. The number of hydrogen-bond acceptors (Lipinski definition) is 1. The van der Waals surface area contributed by atoms with Crippen LogP contribution in [0.4, 0.5) is 0 Å². The van der Waals surface area contributed by atoms with E-state index in [9.17, 15) is 0 Å². The SMILES string of the molecule is C1CCC[C](C2CCCCCN2)CC1. The van der Waals surface area contributed by atoms with Gasteiger partial charge in [0.2, 0.25) is 0 Å². The van der Waals surface area contributed by atoms with Gasteiger partial charge in [-0.1, -0.05) is 38.5 Å². The van der Waals surface area contributed by atoms with E-state index in [1.165, 1.54) is 70.8 Å². The zero-order chi connectivity index (χ0) is 9.64. The fourth-order valence-electron chi connectivity index (χ4n) is 2.91. The Bertz CT molecular complexity index is 121. The first-order chi connectivity index (χ1) is 6.97. The second-order valence-electron chi connectivity index (χ2n) is 4.93. The van der Waals surface area contributed by atoms with Crippen molar-refractivity contribution in [1.29, 1.82) is 0 Å². The van der Waals surface area contributed by atoms with Crippen molar-refractivity contribution in [3.63, 3.8) is 0 Å². The maximum Gasteiger partial charge on any atom is 0.0129 e. The van der Waals surface area contributed by atoms with Gasteiger partial charge in [0, 0.05) is 6.04 Å². The largest absolute Gasteiger partial charge is 0.313 e. The molecule has 0 spiro atoms. The zero-order valence-electron chi connectivity index (χ0n) is 9.36. The van der Waals surface area contributed by atoms with Gasteiger partial charge in [0.25, 0.3) is 0 Å². The summed E-state index contributed by atoms with van der Waals surface area (Å²) in [5.74, 6) is 1.85. The molecule has 2 rings (SSSR count). The standard InChI is InChI=1S/C13H24N/c1-2-5-9-12(8-4-1)13-10-6-3-7-11-14-13/h13-14H,1-11H2. The normalized spacial score (nSPS) is 32.1. The van der Waals surface area contributed by atoms with E-state index in [4.69, 9.17) is 0 Å². The molecule has 0 amide bonds. The molecule has 0 bridgehead atoms. The highest BCUT2D eigenvalue weighted by Gasteiger charge is 2.23. The highest BCUT2D eigenvalue weighted by molar-refractivity contribution is 5.02. The lowest BCUT2D eigenvalue weighted by Gasteiger charge is -2.25. The molecule has 0 aromatic rings. The molecule has 1 heterocycles. The molecular weight excluding hydrogens is 170 g/mol. The van der Waals surface area contributed by atoms with E-state index in [1.807, 2.05) is 5.92 Å². The first-order valence-electron chi connectivity index (χ1n) is 6.55. The molecule has 14 heavy (non-hydrogen) atoms. The van der Waals surface area contributed by atoms with Crippen LogP contribution in [0.2, 0.25) is 0 Å². The molecule has 1 N–H and O–H groups in total. The molecule has 1 nitrogen and oxygen atoms in total. The predicted octanol–water partition coefficient (Wildman–Crippen LogP) is 3.45. The third kappa shape index (κ3) is 2.98. The van der Waals surface area contributed by atoms with Crippen molar-refractivity contribution in [3.8, 4) is 0 Å². The first kappa shape index (κ1) is 10.5. The Morgan fingerprint density at radius 3 is 2.29 bits per heavy atom. The van der Waals surface area contributed by atoms with E-state index in [-0.39, 0.29) is 0 Å². The Labute approximate surface area is 88.7 Å². The lowest BCUT2D eigenvalue weighted by molar-refractivity contribution is 0.474. The van der Waals surface area contributed by atoms with Crippen molar-refractivity contribution < 1.29 is 0 Å². The van der Waals surface area contributed by atoms with Gasteiger partial charge in [-0.2, -0.15) is 0 Å². The van der Waals surface area contributed by atoms with Crippen LogP contribution in [0.15, 0.2) is 0 Å². The van der Waals surface area contributed by atoms with Crippen molar-refractivity contribution in [2.75, 3.05) is 6.54 Å². The number of rotatable bonds is 1. The summed E-state index contributed by atoms with van der Waals surface area (Å²) in [6, 6.07) is 0.788. The van der Waals surface area contributed by atoms with Gasteiger partial charge in [-0.15, -0.1) is 0 Å². The van der Waals surface area contributed by atoms with E-state index in [1.54, 1.807) is 0 Å². The van der Waals surface area contributed by atoms with Crippen LogP contribution < -0.4 is 5.32 Å². The molecule has 1 unspecified atom stereocenters. The summed E-state index contributed by atoms with van der Waals surface area (Å²) in [6.07, 6.45) is 14.4. The molecule has 81 valence electrons. The second-order valence-corrected chi connectivity index (χ2v) is 4.93. The highest BCUT2D eigenvalue weighted by atomic mass is 14.9. The average molecular weight is 194 g/mol. The maximum atomic E-state index is 3.74. The van der Waals surface area contributed by atoms with Crippen molar-refractivity contribution >= 4 is 0 Å². The minimum absolute atomic E-state index is 0.788. The van der Waals surface area contributed by atoms with Crippen LogP contribution in [0.5, 0.6) is 0 Å². The summed E-state index contributed by atoms with van der Waals surface area (Å²) < 4.78 is 0. The van der Waals surface area contributed by atoms with Gasteiger partial charge in [0.1, 0.15) is 0 Å². The van der Waals surface area contributed by atoms with E-state index >= 15 is 0 Å². The van der Waals surface area contributed by atoms with Gasteiger partial charge in [-0.3, -0.25) is 0 Å². The topological polar surface area (TPSA) is 12.0 Å². The molecule has 0 aromatic heterocycles. The van der Waals surface area contributed by atoms with Crippen molar-refractivity contribution in [2.45, 2.75) is 70.3 Å². The molecule has 1 aliphatic heterocycles. The Morgan fingerprint density at radius 1 is 0.786 bits per heavy atom. The van der Waals surface area contributed by atoms with Gasteiger partial charge in [0.05, 0.1) is 0 Å². The molecule has 1 heteroatoms. The minimum Gasteiger partial charge on any atom is -0.313 e. The average Bonchev–Trinajstić information content (AvgIpc) is 2.62. The summed E-state index contributed by atoms with van der Waals surface area (Å²) >= 11 is 0. The third-order valence-corrected chi connectivity index (χ3v) is 3.80. The smallest absolute Gasteiger partial charge is 0.0129 e. The number of hydrogen-bond donors (Lipinski definition) is 1. The Morgan fingerprint density at radius 2 is 1.50 bits per heavy atom. The lowest BCUT2D eigenvalue weighted by atomic mass is 9.89. The molecule has 2 aliphatic rings. The molecule has 2 fully saturated rings. The summed E-state index contributed by atoms with van der Waals surface area (Å²) in [7, 11) is 0. The van der Waals surface area contributed by atoms with Crippen molar-refractivity contribution in [3.05, 3.63) is 5.92 Å². The highest BCUT2D eigenvalue weighted by Crippen LogP contribution is 2.30.